The summed E-state index contributed by atoms with van der Waals surface area (Å²) >= 11 is 0. The number of rotatable bonds is 4. The number of nitrogens with one attached hydrogen (secondary N) is 1. The second kappa shape index (κ2) is 7.04. The van der Waals surface area contributed by atoms with Crippen molar-refractivity contribution < 1.29 is 4.79 Å². The van der Waals surface area contributed by atoms with Gasteiger partial charge in [0.05, 0.1) is 5.41 Å². The third-order valence-electron chi connectivity index (χ3n) is 5.83. The molecule has 1 amide bonds. The lowest BCUT2D eigenvalue weighted by molar-refractivity contribution is -0.138. The minimum Gasteiger partial charge on any atom is -0.342 e. The van der Waals surface area contributed by atoms with Gasteiger partial charge in [0, 0.05) is 13.1 Å². The first-order valence-electron chi connectivity index (χ1n) is 9.17. The van der Waals surface area contributed by atoms with Crippen LogP contribution in [0.4, 0.5) is 0 Å². The molecule has 0 aromatic heterocycles. The molecule has 0 atom stereocenters. The number of hydrogen-bond acceptors (Lipinski definition) is 2. The normalized spacial score (nSPS) is 21.6. The molecule has 1 aromatic carbocycles. The van der Waals surface area contributed by atoms with Crippen molar-refractivity contribution >= 4 is 5.91 Å². The van der Waals surface area contributed by atoms with Gasteiger partial charge >= 0.3 is 0 Å². The Kier molecular flexibility index (Phi) is 5.05. The third-order valence-corrected chi connectivity index (χ3v) is 5.83. The van der Waals surface area contributed by atoms with Gasteiger partial charge in [-0.2, -0.15) is 0 Å². The van der Waals surface area contributed by atoms with Crippen LogP contribution in [-0.2, 0) is 10.2 Å². The van der Waals surface area contributed by atoms with Crippen LogP contribution in [0.1, 0.15) is 49.7 Å². The van der Waals surface area contributed by atoms with E-state index in [0.29, 0.717) is 5.91 Å². The van der Waals surface area contributed by atoms with Crippen LogP contribution in [0.5, 0.6) is 0 Å². The van der Waals surface area contributed by atoms with E-state index in [0.717, 1.165) is 51.2 Å². The summed E-state index contributed by atoms with van der Waals surface area (Å²) < 4.78 is 0. The van der Waals surface area contributed by atoms with E-state index in [1.807, 2.05) is 7.05 Å². The monoisotopic (exact) mass is 314 g/mol. The molecule has 0 unspecified atom stereocenters. The molecule has 2 fully saturated rings. The van der Waals surface area contributed by atoms with Crippen LogP contribution in [0.15, 0.2) is 24.3 Å². The fourth-order valence-electron chi connectivity index (χ4n) is 4.48. The van der Waals surface area contributed by atoms with Gasteiger partial charge < -0.3 is 10.2 Å². The zero-order valence-corrected chi connectivity index (χ0v) is 14.6. The first-order chi connectivity index (χ1) is 11.2. The Morgan fingerprint density at radius 3 is 2.57 bits per heavy atom. The van der Waals surface area contributed by atoms with Gasteiger partial charge in [0.2, 0.25) is 5.91 Å². The summed E-state index contributed by atoms with van der Waals surface area (Å²) in [6.07, 6.45) is 6.66. The molecule has 3 rings (SSSR count). The second-order valence-electron chi connectivity index (χ2n) is 7.45. The van der Waals surface area contributed by atoms with E-state index in [4.69, 9.17) is 0 Å². The largest absolute Gasteiger partial charge is 0.342 e. The number of likely N-dealkylation sites (tertiary alicyclic amines) is 1. The van der Waals surface area contributed by atoms with Crippen LogP contribution in [0.3, 0.4) is 0 Å². The van der Waals surface area contributed by atoms with E-state index in [-0.39, 0.29) is 5.41 Å². The Balaban J connectivity index is 1.78. The van der Waals surface area contributed by atoms with E-state index < -0.39 is 0 Å². The molecule has 2 aliphatic rings. The van der Waals surface area contributed by atoms with Crippen molar-refractivity contribution in [2.75, 3.05) is 26.7 Å². The summed E-state index contributed by atoms with van der Waals surface area (Å²) in [4.78, 5) is 15.6. The van der Waals surface area contributed by atoms with Crippen LogP contribution in [0.2, 0.25) is 0 Å². The van der Waals surface area contributed by atoms with Gasteiger partial charge in [-0.05, 0) is 57.7 Å². The van der Waals surface area contributed by atoms with Crippen LogP contribution in [0, 0.1) is 12.8 Å². The predicted molar refractivity (Wildman–Crippen MR) is 94.6 cm³/mol. The maximum atomic E-state index is 13.4. The molecule has 1 aromatic rings. The van der Waals surface area contributed by atoms with E-state index >= 15 is 0 Å². The molecule has 1 saturated heterocycles. The standard InChI is InChI=1S/C20H30N2O/c1-16-6-5-7-18(14-16)20(10-3-4-11-20)19(23)22-12-8-17(9-13-22)15-21-2/h5-7,14,17,21H,3-4,8-13,15H2,1-2H3. The van der Waals surface area contributed by atoms with Crippen molar-refractivity contribution in [1.82, 2.24) is 10.2 Å². The number of benzene rings is 1. The first-order valence-corrected chi connectivity index (χ1v) is 9.17. The first kappa shape index (κ1) is 16.5. The Bertz CT molecular complexity index is 540. The van der Waals surface area contributed by atoms with E-state index in [1.165, 1.54) is 24.0 Å². The summed E-state index contributed by atoms with van der Waals surface area (Å²) in [5, 5.41) is 3.27. The van der Waals surface area contributed by atoms with Gasteiger partial charge in [0.25, 0.3) is 0 Å². The van der Waals surface area contributed by atoms with Gasteiger partial charge in [-0.3, -0.25) is 4.79 Å². The van der Waals surface area contributed by atoms with Crippen molar-refractivity contribution in [3.8, 4) is 0 Å². The lowest BCUT2D eigenvalue weighted by atomic mass is 9.76. The zero-order valence-electron chi connectivity index (χ0n) is 14.6. The minimum absolute atomic E-state index is 0.248. The molecule has 0 spiro atoms. The van der Waals surface area contributed by atoms with Gasteiger partial charge in [0.1, 0.15) is 0 Å². The Morgan fingerprint density at radius 2 is 1.96 bits per heavy atom. The summed E-state index contributed by atoms with van der Waals surface area (Å²) in [5.74, 6) is 1.12. The highest BCUT2D eigenvalue weighted by Crippen LogP contribution is 2.43. The highest BCUT2D eigenvalue weighted by Gasteiger charge is 2.45. The Labute approximate surface area is 140 Å². The predicted octanol–water partition coefficient (Wildman–Crippen LogP) is 3.26. The number of carbonyl (C=O) groups is 1. The second-order valence-corrected chi connectivity index (χ2v) is 7.45. The van der Waals surface area contributed by atoms with Gasteiger partial charge in [0.15, 0.2) is 0 Å². The lowest BCUT2D eigenvalue weighted by Gasteiger charge is -2.39. The fourth-order valence-corrected chi connectivity index (χ4v) is 4.48. The quantitative estimate of drug-likeness (QED) is 0.925. The average molecular weight is 314 g/mol. The maximum Gasteiger partial charge on any atom is 0.233 e. The molecule has 3 nitrogen and oxygen atoms in total. The number of aryl methyl sites for hydroxylation is 1. The van der Waals surface area contributed by atoms with E-state index in [9.17, 15) is 4.79 Å². The van der Waals surface area contributed by atoms with Crippen LogP contribution in [0.25, 0.3) is 0 Å². The lowest BCUT2D eigenvalue weighted by Crippen LogP contribution is -2.49. The van der Waals surface area contributed by atoms with Crippen molar-refractivity contribution in [2.45, 2.75) is 50.9 Å². The molecule has 0 radical (unpaired) electrons. The Morgan fingerprint density at radius 1 is 1.26 bits per heavy atom. The highest BCUT2D eigenvalue weighted by molar-refractivity contribution is 5.88. The van der Waals surface area contributed by atoms with Gasteiger partial charge in [-0.15, -0.1) is 0 Å². The van der Waals surface area contributed by atoms with E-state index in [2.05, 4.69) is 41.4 Å². The van der Waals surface area contributed by atoms with Crippen molar-refractivity contribution in [3.63, 3.8) is 0 Å². The SMILES string of the molecule is CNCC1CCN(C(=O)C2(c3cccc(C)c3)CCCC2)CC1. The van der Waals surface area contributed by atoms with Crippen molar-refractivity contribution in [3.05, 3.63) is 35.4 Å². The third kappa shape index (κ3) is 3.30. The molecular formula is C20H30N2O. The number of hydrogen-bond donors (Lipinski definition) is 1. The zero-order chi connectivity index (χ0) is 16.3. The summed E-state index contributed by atoms with van der Waals surface area (Å²) in [6.45, 7) is 5.06. The number of nitrogens with zero attached hydrogens (tertiary/aromatic N) is 1. The summed E-state index contributed by atoms with van der Waals surface area (Å²) in [6, 6.07) is 8.64. The number of piperidine rings is 1. The van der Waals surface area contributed by atoms with E-state index in [1.54, 1.807) is 0 Å². The smallest absolute Gasteiger partial charge is 0.233 e. The molecule has 1 N–H and O–H groups in total. The van der Waals surface area contributed by atoms with Crippen molar-refractivity contribution in [1.29, 1.82) is 0 Å². The average Bonchev–Trinajstić information content (AvgIpc) is 3.06. The molecule has 3 heteroatoms. The molecule has 1 heterocycles. The van der Waals surface area contributed by atoms with Crippen LogP contribution in [-0.4, -0.2) is 37.5 Å². The summed E-state index contributed by atoms with van der Waals surface area (Å²) in [7, 11) is 2.02. The van der Waals surface area contributed by atoms with Gasteiger partial charge in [-0.1, -0.05) is 42.7 Å². The van der Waals surface area contributed by atoms with Crippen LogP contribution < -0.4 is 5.32 Å². The molecular weight excluding hydrogens is 284 g/mol. The fraction of sp³-hybridized carbons (Fsp3) is 0.650. The number of carbonyl (C=O) groups excluding carboxylic acids is 1. The molecule has 126 valence electrons. The topological polar surface area (TPSA) is 32.3 Å². The molecule has 1 aliphatic carbocycles. The van der Waals surface area contributed by atoms with Crippen molar-refractivity contribution in [2.24, 2.45) is 5.92 Å². The van der Waals surface area contributed by atoms with Crippen LogP contribution >= 0.6 is 0 Å². The summed E-state index contributed by atoms with van der Waals surface area (Å²) in [5.41, 5.74) is 2.26. The minimum atomic E-state index is -0.248. The van der Waals surface area contributed by atoms with Gasteiger partial charge in [-0.25, -0.2) is 0 Å². The molecule has 0 bridgehead atoms. The highest BCUT2D eigenvalue weighted by atomic mass is 16.2. The molecule has 1 saturated carbocycles. The number of amides is 1. The molecule has 23 heavy (non-hydrogen) atoms. The Hall–Kier alpha value is -1.35. The maximum absolute atomic E-state index is 13.4. The molecule has 1 aliphatic heterocycles.